The van der Waals surface area contributed by atoms with Gasteiger partial charge in [0.05, 0.1) is 5.41 Å². The van der Waals surface area contributed by atoms with Crippen LogP contribution in [-0.2, 0) is 4.79 Å². The molecule has 0 bridgehead atoms. The monoisotopic (exact) mass is 472 g/mol. The minimum atomic E-state index is -0.523. The van der Waals surface area contributed by atoms with Crippen LogP contribution in [0.4, 0.5) is 0 Å². The summed E-state index contributed by atoms with van der Waals surface area (Å²) in [6.07, 6.45) is 14.0. The Hall–Kier alpha value is -0.360. The van der Waals surface area contributed by atoms with Crippen LogP contribution in [-0.4, -0.2) is 16.7 Å². The molecule has 2 nitrogen and oxygen atoms in total. The van der Waals surface area contributed by atoms with Crippen LogP contribution in [0.2, 0.25) is 0 Å². The molecule has 3 heteroatoms. The Morgan fingerprint density at radius 3 is 2.24 bits per heavy atom. The van der Waals surface area contributed by atoms with E-state index in [1.165, 1.54) is 32.1 Å². The molecule has 1 N–H and O–H groups in total. The molecular weight excluding hydrogens is 423 g/mol. The van der Waals surface area contributed by atoms with Crippen molar-refractivity contribution in [3.05, 3.63) is 11.6 Å². The van der Waals surface area contributed by atoms with Crippen molar-refractivity contribution in [3.8, 4) is 0 Å². The fourth-order valence-corrected chi connectivity index (χ4v) is 11.1. The molecule has 33 heavy (non-hydrogen) atoms. The number of fused-ring (bicyclic) bond motifs is 7. The molecule has 0 saturated heterocycles. The zero-order chi connectivity index (χ0) is 24.2. The summed E-state index contributed by atoms with van der Waals surface area (Å²) in [7, 11) is 3.19. The smallest absolute Gasteiger partial charge is 0.310 e. The molecule has 4 fully saturated rings. The van der Waals surface area contributed by atoms with E-state index in [0.717, 1.165) is 43.7 Å². The normalized spacial score (nSPS) is 52.4. The van der Waals surface area contributed by atoms with E-state index in [1.807, 2.05) is 0 Å². The van der Waals surface area contributed by atoms with Crippen molar-refractivity contribution >= 4 is 15.2 Å². The third-order valence-corrected chi connectivity index (χ3v) is 14.4. The van der Waals surface area contributed by atoms with E-state index < -0.39 is 11.4 Å². The summed E-state index contributed by atoms with van der Waals surface area (Å²) in [4.78, 5) is 12.8. The standard InChI is InChI=1S/C30H49O2P/c1-25(2)14-16-30(24(31)32)17-15-28(6)19(20(30)18-25)8-9-22-27(5)12-11-23(33)26(3,4)21(27)10-13-29(22,28)7/h8,20-23H,9-18,33H2,1-7H3,(H,31,32)/t20?,21?,22?,23-,27-,28+,29+,30-/m0/s1. The van der Waals surface area contributed by atoms with E-state index in [4.69, 9.17) is 0 Å². The molecular formula is C30H49O2P. The summed E-state index contributed by atoms with van der Waals surface area (Å²) in [6, 6.07) is 0. The van der Waals surface area contributed by atoms with E-state index in [1.54, 1.807) is 5.57 Å². The molecule has 0 aliphatic heterocycles. The molecule has 0 heterocycles. The van der Waals surface area contributed by atoms with Crippen molar-refractivity contribution in [3.63, 3.8) is 0 Å². The first-order valence-electron chi connectivity index (χ1n) is 13.8. The number of carbonyl (C=O) groups is 1. The quantitative estimate of drug-likeness (QED) is 0.309. The highest BCUT2D eigenvalue weighted by atomic mass is 31.0. The molecule has 0 spiro atoms. The van der Waals surface area contributed by atoms with Gasteiger partial charge in [-0.2, -0.15) is 0 Å². The predicted octanol–water partition coefficient (Wildman–Crippen LogP) is 8.12. The number of hydrogen-bond acceptors (Lipinski definition) is 1. The molecule has 4 unspecified atom stereocenters. The summed E-state index contributed by atoms with van der Waals surface area (Å²) in [5, 5.41) is 10.5. The first-order valence-corrected chi connectivity index (χ1v) is 14.5. The summed E-state index contributed by atoms with van der Waals surface area (Å²) in [5.74, 6) is 1.20. The number of hydrogen-bond donors (Lipinski definition) is 1. The van der Waals surface area contributed by atoms with Crippen LogP contribution in [0.15, 0.2) is 11.6 Å². The number of rotatable bonds is 1. The van der Waals surface area contributed by atoms with Crippen LogP contribution in [0.3, 0.4) is 0 Å². The van der Waals surface area contributed by atoms with E-state index in [0.29, 0.717) is 16.7 Å². The first kappa shape index (κ1) is 24.3. The summed E-state index contributed by atoms with van der Waals surface area (Å²) >= 11 is 0. The van der Waals surface area contributed by atoms with E-state index in [2.05, 4.69) is 63.8 Å². The van der Waals surface area contributed by atoms with Crippen molar-refractivity contribution in [1.82, 2.24) is 0 Å². The van der Waals surface area contributed by atoms with Gasteiger partial charge in [0.15, 0.2) is 0 Å². The maximum absolute atomic E-state index is 12.8. The Labute approximate surface area is 205 Å². The Kier molecular flexibility index (Phi) is 5.24. The van der Waals surface area contributed by atoms with Crippen molar-refractivity contribution < 1.29 is 9.90 Å². The second-order valence-electron chi connectivity index (χ2n) is 15.1. The number of carboxylic acid groups (broad SMARTS) is 1. The van der Waals surface area contributed by atoms with E-state index >= 15 is 0 Å². The van der Waals surface area contributed by atoms with Crippen LogP contribution in [0, 0.1) is 50.2 Å². The third kappa shape index (κ3) is 2.98. The van der Waals surface area contributed by atoms with Crippen LogP contribution in [0.1, 0.15) is 113 Å². The Bertz CT molecular complexity index is 888. The van der Waals surface area contributed by atoms with Crippen LogP contribution in [0.5, 0.6) is 0 Å². The van der Waals surface area contributed by atoms with Gasteiger partial charge in [0, 0.05) is 0 Å². The summed E-state index contributed by atoms with van der Waals surface area (Å²) < 4.78 is 0. The molecule has 5 aliphatic carbocycles. The van der Waals surface area contributed by atoms with Gasteiger partial charge in [-0.25, -0.2) is 0 Å². The maximum atomic E-state index is 12.8. The number of carboxylic acids is 1. The van der Waals surface area contributed by atoms with E-state index in [-0.39, 0.29) is 22.2 Å². The molecule has 5 aliphatic rings. The average Bonchev–Trinajstić information content (AvgIpc) is 2.71. The fraction of sp³-hybridized carbons (Fsp3) is 0.900. The Morgan fingerprint density at radius 2 is 1.58 bits per heavy atom. The molecule has 186 valence electrons. The van der Waals surface area contributed by atoms with Crippen molar-refractivity contribution in [2.45, 2.75) is 118 Å². The third-order valence-electron chi connectivity index (χ3n) is 13.2. The second kappa shape index (κ2) is 7.11. The Morgan fingerprint density at radius 1 is 0.909 bits per heavy atom. The van der Waals surface area contributed by atoms with Gasteiger partial charge < -0.3 is 5.11 Å². The van der Waals surface area contributed by atoms with Crippen molar-refractivity contribution in [2.24, 2.45) is 50.2 Å². The molecule has 0 aromatic carbocycles. The van der Waals surface area contributed by atoms with Gasteiger partial charge in [0.1, 0.15) is 0 Å². The molecule has 4 saturated carbocycles. The lowest BCUT2D eigenvalue weighted by Crippen LogP contribution is -2.64. The largest absolute Gasteiger partial charge is 0.481 e. The highest BCUT2D eigenvalue weighted by molar-refractivity contribution is 7.17. The molecule has 0 aromatic rings. The SMILES string of the molecule is CC1(C)CC[C@]2(C(=O)O)CC[C@]3(C)C(=CCC4[C@@]5(C)CC[C@H](P)C(C)(C)C5CC[C@]43C)C2C1. The fourth-order valence-electron chi connectivity index (χ4n) is 10.7. The van der Waals surface area contributed by atoms with Crippen LogP contribution in [0.25, 0.3) is 0 Å². The summed E-state index contributed by atoms with van der Waals surface area (Å²) in [5.41, 5.74) is 3.19. The highest BCUT2D eigenvalue weighted by Crippen LogP contribution is 2.76. The second-order valence-corrected chi connectivity index (χ2v) is 15.9. The van der Waals surface area contributed by atoms with Crippen molar-refractivity contribution in [2.75, 3.05) is 0 Å². The maximum Gasteiger partial charge on any atom is 0.310 e. The number of aliphatic carboxylic acids is 1. The molecule has 0 aromatic heterocycles. The van der Waals surface area contributed by atoms with Gasteiger partial charge in [-0.3, -0.25) is 4.79 Å². The van der Waals surface area contributed by atoms with Gasteiger partial charge in [0.25, 0.3) is 0 Å². The number of allylic oxidation sites excluding steroid dienone is 2. The molecule has 9 atom stereocenters. The minimum absolute atomic E-state index is 0.142. The van der Waals surface area contributed by atoms with Crippen LogP contribution < -0.4 is 0 Å². The van der Waals surface area contributed by atoms with Gasteiger partial charge in [-0.15, -0.1) is 9.24 Å². The van der Waals surface area contributed by atoms with Crippen molar-refractivity contribution in [1.29, 1.82) is 0 Å². The lowest BCUT2D eigenvalue weighted by molar-refractivity contribution is -0.186. The van der Waals surface area contributed by atoms with Gasteiger partial charge in [-0.1, -0.05) is 60.1 Å². The molecule has 5 rings (SSSR count). The average molecular weight is 473 g/mol. The minimum Gasteiger partial charge on any atom is -0.481 e. The molecule has 0 radical (unpaired) electrons. The predicted molar refractivity (Wildman–Crippen MR) is 140 cm³/mol. The summed E-state index contributed by atoms with van der Waals surface area (Å²) in [6.45, 7) is 17.7. The van der Waals surface area contributed by atoms with Crippen LogP contribution >= 0.6 is 9.24 Å². The van der Waals surface area contributed by atoms with Gasteiger partial charge in [0.2, 0.25) is 0 Å². The highest BCUT2D eigenvalue weighted by Gasteiger charge is 2.69. The van der Waals surface area contributed by atoms with E-state index in [9.17, 15) is 9.90 Å². The topological polar surface area (TPSA) is 37.3 Å². The lowest BCUT2D eigenvalue weighted by atomic mass is 9.33. The van der Waals surface area contributed by atoms with Gasteiger partial charge in [-0.05, 0) is 115 Å². The zero-order valence-electron chi connectivity index (χ0n) is 22.4. The molecule has 0 amide bonds. The lowest BCUT2D eigenvalue weighted by Gasteiger charge is -2.71. The Balaban J connectivity index is 1.60. The first-order chi connectivity index (χ1) is 15.1. The zero-order valence-corrected chi connectivity index (χ0v) is 23.5. The van der Waals surface area contributed by atoms with Gasteiger partial charge >= 0.3 is 5.97 Å².